The molecule has 0 aliphatic carbocycles. The summed E-state index contributed by atoms with van der Waals surface area (Å²) in [7, 11) is 0. The Balaban J connectivity index is 1.85. The van der Waals surface area contributed by atoms with Crippen molar-refractivity contribution in [1.29, 1.82) is 5.26 Å². The second kappa shape index (κ2) is 8.72. The van der Waals surface area contributed by atoms with E-state index in [0.717, 1.165) is 0 Å². The van der Waals surface area contributed by atoms with E-state index in [9.17, 15) is 10.1 Å². The van der Waals surface area contributed by atoms with Gasteiger partial charge in [-0.15, -0.1) is 0 Å². The Kier molecular flexibility index (Phi) is 6.33. The number of amides is 1. The van der Waals surface area contributed by atoms with Crippen LogP contribution < -0.4 is 5.32 Å². The Morgan fingerprint density at radius 1 is 1.04 bits per heavy atom. The minimum atomic E-state index is -0.634. The van der Waals surface area contributed by atoms with Crippen LogP contribution in [0, 0.1) is 11.3 Å². The van der Waals surface area contributed by atoms with Crippen LogP contribution in [0.4, 0.5) is 5.69 Å². The highest BCUT2D eigenvalue weighted by Gasteiger charge is 2.14. The van der Waals surface area contributed by atoms with Crippen molar-refractivity contribution in [2.24, 2.45) is 0 Å². The first-order valence-electron chi connectivity index (χ1n) is 7.81. The Morgan fingerprint density at radius 3 is 2.54 bits per heavy atom. The average molecular weight is 452 g/mol. The molecule has 0 aliphatic heterocycles. The lowest BCUT2D eigenvalue weighted by Crippen LogP contribution is -2.13. The molecule has 0 bridgehead atoms. The summed E-state index contributed by atoms with van der Waals surface area (Å²) in [5.74, 6) is 0.127. The molecule has 1 amide bonds. The van der Waals surface area contributed by atoms with E-state index in [1.165, 1.54) is 12.1 Å². The molecule has 8 heteroatoms. The minimum Gasteiger partial charge on any atom is -0.457 e. The SMILES string of the molecule is N#CC(=Cc1ccc(-c2cccc(Cl)c2Cl)o1)C(=O)Nc1ccc(Cl)cc1Cl. The lowest BCUT2D eigenvalue weighted by atomic mass is 10.2. The molecule has 140 valence electrons. The topological polar surface area (TPSA) is 66.0 Å². The summed E-state index contributed by atoms with van der Waals surface area (Å²) in [6.07, 6.45) is 1.32. The molecular weight excluding hydrogens is 442 g/mol. The summed E-state index contributed by atoms with van der Waals surface area (Å²) >= 11 is 24.1. The largest absolute Gasteiger partial charge is 0.457 e. The molecule has 0 saturated carbocycles. The molecule has 0 aliphatic rings. The molecule has 1 heterocycles. The van der Waals surface area contributed by atoms with E-state index < -0.39 is 5.91 Å². The van der Waals surface area contributed by atoms with Crippen molar-refractivity contribution in [3.05, 3.63) is 80.0 Å². The predicted molar refractivity (Wildman–Crippen MR) is 113 cm³/mol. The second-order valence-electron chi connectivity index (χ2n) is 5.55. The van der Waals surface area contributed by atoms with E-state index in [1.807, 2.05) is 6.07 Å². The van der Waals surface area contributed by atoms with Crippen LogP contribution in [-0.2, 0) is 4.79 Å². The van der Waals surface area contributed by atoms with E-state index in [1.54, 1.807) is 42.5 Å². The van der Waals surface area contributed by atoms with Crippen LogP contribution >= 0.6 is 46.4 Å². The van der Waals surface area contributed by atoms with Gasteiger partial charge in [-0.1, -0.05) is 52.5 Å². The van der Waals surface area contributed by atoms with Crippen molar-refractivity contribution < 1.29 is 9.21 Å². The van der Waals surface area contributed by atoms with Gasteiger partial charge in [0.1, 0.15) is 23.2 Å². The highest BCUT2D eigenvalue weighted by atomic mass is 35.5. The summed E-state index contributed by atoms with van der Waals surface area (Å²) < 4.78 is 5.68. The molecule has 0 spiro atoms. The number of rotatable bonds is 4. The van der Waals surface area contributed by atoms with E-state index in [-0.39, 0.29) is 10.6 Å². The Hall–Kier alpha value is -2.42. The third kappa shape index (κ3) is 4.52. The second-order valence-corrected chi connectivity index (χ2v) is 7.18. The maximum Gasteiger partial charge on any atom is 0.266 e. The van der Waals surface area contributed by atoms with E-state index in [0.29, 0.717) is 37.8 Å². The Morgan fingerprint density at radius 2 is 1.82 bits per heavy atom. The summed E-state index contributed by atoms with van der Waals surface area (Å²) in [4.78, 5) is 12.4. The summed E-state index contributed by atoms with van der Waals surface area (Å²) in [5.41, 5.74) is 0.775. The molecule has 0 unspecified atom stereocenters. The van der Waals surface area contributed by atoms with Gasteiger partial charge < -0.3 is 9.73 Å². The fourth-order valence-corrected chi connectivity index (χ4v) is 3.19. The standard InChI is InChI=1S/C20H10Cl4N2O2/c21-12-4-6-17(16(23)9-12)26-20(27)11(10-25)8-13-5-7-18(28-13)14-2-1-3-15(22)19(14)24/h1-9H,(H,26,27). The average Bonchev–Trinajstić information content (AvgIpc) is 3.12. The third-order valence-corrected chi connectivity index (χ3v) is 5.04. The molecule has 0 fully saturated rings. The maximum atomic E-state index is 12.4. The first kappa shape index (κ1) is 20.3. The summed E-state index contributed by atoms with van der Waals surface area (Å²) in [6.45, 7) is 0. The number of hydrogen-bond acceptors (Lipinski definition) is 3. The monoisotopic (exact) mass is 450 g/mol. The van der Waals surface area contributed by atoms with Crippen molar-refractivity contribution >= 4 is 64.1 Å². The van der Waals surface area contributed by atoms with E-state index in [4.69, 9.17) is 50.8 Å². The van der Waals surface area contributed by atoms with Gasteiger partial charge in [0.15, 0.2) is 0 Å². The number of hydrogen-bond donors (Lipinski definition) is 1. The molecular formula is C20H10Cl4N2O2. The smallest absolute Gasteiger partial charge is 0.266 e. The van der Waals surface area contributed by atoms with E-state index >= 15 is 0 Å². The van der Waals surface area contributed by atoms with Crippen LogP contribution in [0.1, 0.15) is 5.76 Å². The molecule has 2 aromatic carbocycles. The van der Waals surface area contributed by atoms with Gasteiger partial charge in [-0.3, -0.25) is 4.79 Å². The maximum absolute atomic E-state index is 12.4. The molecule has 0 saturated heterocycles. The first-order chi connectivity index (χ1) is 13.4. The third-order valence-electron chi connectivity index (χ3n) is 3.67. The van der Waals surface area contributed by atoms with Crippen LogP contribution in [0.15, 0.2) is 58.5 Å². The Labute approximate surface area is 180 Å². The lowest BCUT2D eigenvalue weighted by Gasteiger charge is -2.06. The zero-order valence-electron chi connectivity index (χ0n) is 14.0. The van der Waals surface area contributed by atoms with Crippen molar-refractivity contribution in [2.45, 2.75) is 0 Å². The summed E-state index contributed by atoms with van der Waals surface area (Å²) in [5, 5.41) is 13.3. The van der Waals surface area contributed by atoms with Crippen molar-refractivity contribution in [3.8, 4) is 17.4 Å². The molecule has 3 rings (SSSR count). The molecule has 1 N–H and O–H groups in total. The number of benzene rings is 2. The fraction of sp³-hybridized carbons (Fsp3) is 0. The van der Waals surface area contributed by atoms with Crippen molar-refractivity contribution in [1.82, 2.24) is 0 Å². The van der Waals surface area contributed by atoms with Gasteiger partial charge >= 0.3 is 0 Å². The molecule has 0 atom stereocenters. The highest BCUT2D eigenvalue weighted by molar-refractivity contribution is 6.43. The quantitative estimate of drug-likeness (QED) is 0.339. The normalized spacial score (nSPS) is 11.2. The minimum absolute atomic E-state index is 0.163. The Bertz CT molecular complexity index is 1130. The van der Waals surface area contributed by atoms with Crippen LogP contribution in [0.3, 0.4) is 0 Å². The highest BCUT2D eigenvalue weighted by Crippen LogP contribution is 2.34. The lowest BCUT2D eigenvalue weighted by molar-refractivity contribution is -0.112. The first-order valence-corrected chi connectivity index (χ1v) is 9.32. The zero-order chi connectivity index (χ0) is 20.3. The van der Waals surface area contributed by atoms with Crippen molar-refractivity contribution in [2.75, 3.05) is 5.32 Å². The number of carbonyl (C=O) groups is 1. The van der Waals surface area contributed by atoms with Crippen LogP contribution in [-0.4, -0.2) is 5.91 Å². The van der Waals surface area contributed by atoms with Gasteiger partial charge in [0.25, 0.3) is 5.91 Å². The van der Waals surface area contributed by atoms with Crippen molar-refractivity contribution in [3.63, 3.8) is 0 Å². The molecule has 28 heavy (non-hydrogen) atoms. The predicted octanol–water partition coefficient (Wildman–Crippen LogP) is 7.11. The molecule has 4 nitrogen and oxygen atoms in total. The van der Waals surface area contributed by atoms with Gasteiger partial charge in [0.2, 0.25) is 0 Å². The van der Waals surface area contributed by atoms with Crippen LogP contribution in [0.2, 0.25) is 20.1 Å². The van der Waals surface area contributed by atoms with Crippen LogP contribution in [0.25, 0.3) is 17.4 Å². The fourth-order valence-electron chi connectivity index (χ4n) is 2.34. The van der Waals surface area contributed by atoms with Gasteiger partial charge in [-0.05, 0) is 42.5 Å². The number of nitrogens with one attached hydrogen (secondary N) is 1. The number of nitriles is 1. The number of nitrogens with zero attached hydrogens (tertiary/aromatic N) is 1. The van der Waals surface area contributed by atoms with Gasteiger partial charge in [0.05, 0.1) is 20.8 Å². The van der Waals surface area contributed by atoms with Gasteiger partial charge in [-0.25, -0.2) is 0 Å². The van der Waals surface area contributed by atoms with Gasteiger partial charge in [0, 0.05) is 16.7 Å². The number of halogens is 4. The molecule has 0 radical (unpaired) electrons. The number of furan rings is 1. The summed E-state index contributed by atoms with van der Waals surface area (Å²) in [6, 6.07) is 14.9. The van der Waals surface area contributed by atoms with Gasteiger partial charge in [-0.2, -0.15) is 5.26 Å². The number of carbonyl (C=O) groups excluding carboxylic acids is 1. The van der Waals surface area contributed by atoms with E-state index in [2.05, 4.69) is 5.32 Å². The zero-order valence-corrected chi connectivity index (χ0v) is 17.0. The molecule has 1 aromatic heterocycles. The van der Waals surface area contributed by atoms with Crippen LogP contribution in [0.5, 0.6) is 0 Å². The number of anilines is 1. The molecule has 3 aromatic rings.